The number of amides is 1. The number of anilines is 1. The summed E-state index contributed by atoms with van der Waals surface area (Å²) in [6, 6.07) is 10.6. The van der Waals surface area contributed by atoms with E-state index in [1.807, 2.05) is 32.0 Å². The third kappa shape index (κ3) is 4.56. The van der Waals surface area contributed by atoms with Crippen LogP contribution in [0.3, 0.4) is 0 Å². The van der Waals surface area contributed by atoms with E-state index in [1.165, 1.54) is 16.8 Å². The number of rotatable bonds is 5. The zero-order chi connectivity index (χ0) is 20.3. The number of aromatic nitrogens is 2. The number of aryl methyl sites for hydroxylation is 1. The average Bonchev–Trinajstić information content (AvgIpc) is 3.12. The number of alkyl halides is 3. The van der Waals surface area contributed by atoms with Crippen molar-refractivity contribution < 1.29 is 18.0 Å². The molecule has 1 amide bonds. The minimum Gasteiger partial charge on any atom is -0.325 e. The first-order valence-corrected chi connectivity index (χ1v) is 9.44. The van der Waals surface area contributed by atoms with Crippen molar-refractivity contribution >= 4 is 23.4 Å². The van der Waals surface area contributed by atoms with Gasteiger partial charge in [-0.2, -0.15) is 13.2 Å². The lowest BCUT2D eigenvalue weighted by atomic mass is 10.1. The highest BCUT2D eigenvalue weighted by atomic mass is 32.2. The molecule has 1 N–H and O–H groups in total. The SMILES string of the molecule is Cc1cccc(NC(=O)CSc2nccn2-c2cccc(C(F)(F)F)c2)c1C. The zero-order valence-electron chi connectivity index (χ0n) is 15.2. The molecule has 0 atom stereocenters. The van der Waals surface area contributed by atoms with Gasteiger partial charge in [0, 0.05) is 23.8 Å². The van der Waals surface area contributed by atoms with E-state index in [0.29, 0.717) is 10.8 Å². The van der Waals surface area contributed by atoms with Crippen molar-refractivity contribution in [2.75, 3.05) is 11.1 Å². The Hall–Kier alpha value is -2.74. The van der Waals surface area contributed by atoms with Crippen LogP contribution >= 0.6 is 11.8 Å². The number of hydrogen-bond acceptors (Lipinski definition) is 3. The van der Waals surface area contributed by atoms with E-state index < -0.39 is 11.7 Å². The van der Waals surface area contributed by atoms with Crippen LogP contribution in [0, 0.1) is 13.8 Å². The normalized spacial score (nSPS) is 11.5. The molecular formula is C20H18F3N3OS. The van der Waals surface area contributed by atoms with E-state index in [2.05, 4.69) is 10.3 Å². The predicted molar refractivity (Wildman–Crippen MR) is 104 cm³/mol. The zero-order valence-corrected chi connectivity index (χ0v) is 16.1. The molecule has 0 aliphatic rings. The van der Waals surface area contributed by atoms with Gasteiger partial charge < -0.3 is 5.32 Å². The van der Waals surface area contributed by atoms with Crippen LogP contribution in [0.15, 0.2) is 60.0 Å². The van der Waals surface area contributed by atoms with Gasteiger partial charge in [-0.1, -0.05) is 30.0 Å². The highest BCUT2D eigenvalue weighted by molar-refractivity contribution is 7.99. The molecule has 3 aromatic rings. The Labute approximate surface area is 164 Å². The molecule has 0 fully saturated rings. The molecular weight excluding hydrogens is 387 g/mol. The van der Waals surface area contributed by atoms with Gasteiger partial charge in [0.2, 0.25) is 5.91 Å². The minimum absolute atomic E-state index is 0.0867. The molecule has 0 aliphatic carbocycles. The lowest BCUT2D eigenvalue weighted by Gasteiger charge is -2.12. The number of benzene rings is 2. The molecule has 8 heteroatoms. The first-order chi connectivity index (χ1) is 13.3. The molecule has 0 bridgehead atoms. The van der Waals surface area contributed by atoms with Crippen LogP contribution in [-0.4, -0.2) is 21.2 Å². The van der Waals surface area contributed by atoms with Crippen molar-refractivity contribution in [3.63, 3.8) is 0 Å². The van der Waals surface area contributed by atoms with Crippen LogP contribution < -0.4 is 5.32 Å². The van der Waals surface area contributed by atoms with Gasteiger partial charge in [0.05, 0.1) is 11.3 Å². The number of hydrogen-bond donors (Lipinski definition) is 1. The Kier molecular flexibility index (Phi) is 5.79. The van der Waals surface area contributed by atoms with Crippen LogP contribution in [0.1, 0.15) is 16.7 Å². The van der Waals surface area contributed by atoms with Crippen LogP contribution in [0.25, 0.3) is 5.69 Å². The monoisotopic (exact) mass is 405 g/mol. The van der Waals surface area contributed by atoms with E-state index >= 15 is 0 Å². The first-order valence-electron chi connectivity index (χ1n) is 8.45. The van der Waals surface area contributed by atoms with E-state index in [0.717, 1.165) is 40.7 Å². The molecule has 0 saturated heterocycles. The van der Waals surface area contributed by atoms with Gasteiger partial charge >= 0.3 is 6.18 Å². The van der Waals surface area contributed by atoms with Crippen LogP contribution in [0.2, 0.25) is 0 Å². The van der Waals surface area contributed by atoms with Gasteiger partial charge in [0.25, 0.3) is 0 Å². The maximum Gasteiger partial charge on any atom is 0.416 e. The maximum atomic E-state index is 12.9. The Morgan fingerprint density at radius 3 is 2.68 bits per heavy atom. The van der Waals surface area contributed by atoms with Crippen molar-refractivity contribution in [3.05, 3.63) is 71.5 Å². The van der Waals surface area contributed by atoms with Gasteiger partial charge in [0.1, 0.15) is 0 Å². The quantitative estimate of drug-likeness (QED) is 0.591. The number of carbonyl (C=O) groups excluding carboxylic acids is 1. The number of nitrogens with one attached hydrogen (secondary N) is 1. The Morgan fingerprint density at radius 1 is 1.18 bits per heavy atom. The summed E-state index contributed by atoms with van der Waals surface area (Å²) in [5, 5.41) is 3.30. The molecule has 2 aromatic carbocycles. The fraction of sp³-hybridized carbons (Fsp3) is 0.200. The van der Waals surface area contributed by atoms with Gasteiger partial charge in [-0.25, -0.2) is 4.98 Å². The lowest BCUT2D eigenvalue weighted by Crippen LogP contribution is -2.15. The smallest absolute Gasteiger partial charge is 0.325 e. The largest absolute Gasteiger partial charge is 0.416 e. The number of carbonyl (C=O) groups is 1. The summed E-state index contributed by atoms with van der Waals surface area (Å²) < 4.78 is 40.4. The average molecular weight is 405 g/mol. The Balaban J connectivity index is 1.71. The van der Waals surface area contributed by atoms with Crippen LogP contribution in [0.4, 0.5) is 18.9 Å². The number of imidazole rings is 1. The van der Waals surface area contributed by atoms with Crippen molar-refractivity contribution in [1.82, 2.24) is 9.55 Å². The first kappa shape index (κ1) is 20.0. The molecule has 3 rings (SSSR count). The highest BCUT2D eigenvalue weighted by Gasteiger charge is 2.30. The molecule has 1 heterocycles. The summed E-state index contributed by atoms with van der Waals surface area (Å²) in [5.74, 6) is -0.124. The lowest BCUT2D eigenvalue weighted by molar-refractivity contribution is -0.137. The van der Waals surface area contributed by atoms with Crippen molar-refractivity contribution in [3.8, 4) is 5.69 Å². The molecule has 28 heavy (non-hydrogen) atoms. The summed E-state index contributed by atoms with van der Waals surface area (Å²) >= 11 is 1.16. The van der Waals surface area contributed by atoms with Gasteiger partial charge in [-0.05, 0) is 49.2 Å². The number of nitrogens with zero attached hydrogens (tertiary/aromatic N) is 2. The summed E-state index contributed by atoms with van der Waals surface area (Å²) in [7, 11) is 0. The van der Waals surface area contributed by atoms with E-state index in [4.69, 9.17) is 0 Å². The molecule has 0 unspecified atom stereocenters. The molecule has 0 radical (unpaired) electrons. The predicted octanol–water partition coefficient (Wildman–Crippen LogP) is 5.24. The van der Waals surface area contributed by atoms with E-state index in [-0.39, 0.29) is 11.7 Å². The highest BCUT2D eigenvalue weighted by Crippen LogP contribution is 2.31. The van der Waals surface area contributed by atoms with E-state index in [1.54, 1.807) is 12.3 Å². The van der Waals surface area contributed by atoms with Crippen LogP contribution in [-0.2, 0) is 11.0 Å². The third-order valence-corrected chi connectivity index (χ3v) is 5.24. The van der Waals surface area contributed by atoms with Crippen molar-refractivity contribution in [1.29, 1.82) is 0 Å². The Morgan fingerprint density at radius 2 is 1.93 bits per heavy atom. The second-order valence-electron chi connectivity index (χ2n) is 6.21. The van der Waals surface area contributed by atoms with E-state index in [9.17, 15) is 18.0 Å². The summed E-state index contributed by atoms with van der Waals surface area (Å²) in [6.45, 7) is 3.89. The minimum atomic E-state index is -4.42. The molecule has 146 valence electrons. The van der Waals surface area contributed by atoms with Crippen molar-refractivity contribution in [2.45, 2.75) is 25.2 Å². The van der Waals surface area contributed by atoms with Gasteiger partial charge in [-0.3, -0.25) is 9.36 Å². The van der Waals surface area contributed by atoms with Crippen molar-refractivity contribution in [2.24, 2.45) is 0 Å². The maximum absolute atomic E-state index is 12.9. The molecule has 4 nitrogen and oxygen atoms in total. The molecule has 1 aromatic heterocycles. The summed E-state index contributed by atoms with van der Waals surface area (Å²) in [5.41, 5.74) is 2.41. The fourth-order valence-corrected chi connectivity index (χ4v) is 3.40. The molecule has 0 aliphatic heterocycles. The fourth-order valence-electron chi connectivity index (χ4n) is 2.63. The van der Waals surface area contributed by atoms with Gasteiger partial charge in [-0.15, -0.1) is 0 Å². The van der Waals surface area contributed by atoms with Gasteiger partial charge in [0.15, 0.2) is 5.16 Å². The molecule has 0 spiro atoms. The standard InChI is InChI=1S/C20H18F3N3OS/c1-13-5-3-8-17(14(13)2)25-18(27)12-28-19-24-9-10-26(19)16-7-4-6-15(11-16)20(21,22)23/h3-11H,12H2,1-2H3,(H,25,27). The summed E-state index contributed by atoms with van der Waals surface area (Å²) in [4.78, 5) is 16.4. The summed E-state index contributed by atoms with van der Waals surface area (Å²) in [6.07, 6.45) is -1.36. The molecule has 0 saturated carbocycles. The third-order valence-electron chi connectivity index (χ3n) is 4.27. The number of halogens is 3. The van der Waals surface area contributed by atoms with Crippen LogP contribution in [0.5, 0.6) is 0 Å². The number of thioether (sulfide) groups is 1. The second-order valence-corrected chi connectivity index (χ2v) is 7.15. The Bertz CT molecular complexity index is 998. The second kappa shape index (κ2) is 8.10. The topological polar surface area (TPSA) is 46.9 Å².